The SMILES string of the molecule is COc1ccc(C(=O)CC(=O)CCc2ccccc2)c(O[Si](C)(C)C(C)(C)C)c1. The van der Waals surface area contributed by atoms with E-state index in [1.807, 2.05) is 30.3 Å². The number of rotatable bonds is 9. The molecule has 2 rings (SSSR count). The van der Waals surface area contributed by atoms with Gasteiger partial charge in [-0.15, -0.1) is 0 Å². The van der Waals surface area contributed by atoms with Crippen molar-refractivity contribution in [3.05, 3.63) is 59.7 Å². The van der Waals surface area contributed by atoms with E-state index in [2.05, 4.69) is 33.9 Å². The molecule has 0 spiro atoms. The number of ketones is 2. The first-order valence-electron chi connectivity index (χ1n) is 9.99. The van der Waals surface area contributed by atoms with Crippen LogP contribution in [0.15, 0.2) is 48.5 Å². The number of carbonyl (C=O) groups excluding carboxylic acids is 2. The highest BCUT2D eigenvalue weighted by molar-refractivity contribution is 6.74. The van der Waals surface area contributed by atoms with Crippen molar-refractivity contribution in [3.63, 3.8) is 0 Å². The molecule has 4 nitrogen and oxygen atoms in total. The number of ether oxygens (including phenoxy) is 1. The lowest BCUT2D eigenvalue weighted by Gasteiger charge is -2.37. The first-order chi connectivity index (χ1) is 13.5. The molecule has 0 aliphatic heterocycles. The van der Waals surface area contributed by atoms with E-state index in [9.17, 15) is 9.59 Å². The van der Waals surface area contributed by atoms with E-state index < -0.39 is 8.32 Å². The molecule has 0 fully saturated rings. The zero-order valence-corrected chi connectivity index (χ0v) is 19.4. The van der Waals surface area contributed by atoms with E-state index in [-0.39, 0.29) is 23.0 Å². The lowest BCUT2D eigenvalue weighted by molar-refractivity contribution is -0.118. The van der Waals surface area contributed by atoms with Crippen LogP contribution in [0.4, 0.5) is 0 Å². The predicted octanol–water partition coefficient (Wildman–Crippen LogP) is 5.85. The Bertz CT molecular complexity index is 851. The fourth-order valence-electron chi connectivity index (χ4n) is 2.66. The van der Waals surface area contributed by atoms with Crippen molar-refractivity contribution in [2.45, 2.75) is 58.2 Å². The van der Waals surface area contributed by atoms with Gasteiger partial charge in [-0.1, -0.05) is 51.1 Å². The molecule has 0 amide bonds. The molecule has 0 aliphatic carbocycles. The second-order valence-electron chi connectivity index (χ2n) is 8.85. The Morgan fingerprint density at radius 3 is 2.24 bits per heavy atom. The smallest absolute Gasteiger partial charge is 0.250 e. The fraction of sp³-hybridized carbons (Fsp3) is 0.417. The van der Waals surface area contributed by atoms with E-state index in [1.165, 1.54) is 0 Å². The molecule has 5 heteroatoms. The number of carbonyl (C=O) groups is 2. The van der Waals surface area contributed by atoms with Gasteiger partial charge in [-0.25, -0.2) is 0 Å². The van der Waals surface area contributed by atoms with Crippen molar-refractivity contribution >= 4 is 19.9 Å². The Balaban J connectivity index is 2.15. The third kappa shape index (κ3) is 6.29. The van der Waals surface area contributed by atoms with Crippen molar-refractivity contribution in [1.82, 2.24) is 0 Å². The second-order valence-corrected chi connectivity index (χ2v) is 13.6. The van der Waals surface area contributed by atoms with Gasteiger partial charge in [0.2, 0.25) is 0 Å². The maximum Gasteiger partial charge on any atom is 0.250 e. The Morgan fingerprint density at radius 2 is 1.66 bits per heavy atom. The van der Waals surface area contributed by atoms with Gasteiger partial charge in [0.05, 0.1) is 19.1 Å². The molecule has 0 heterocycles. The Morgan fingerprint density at radius 1 is 1.00 bits per heavy atom. The number of benzene rings is 2. The number of aryl methyl sites for hydroxylation is 1. The lowest BCUT2D eigenvalue weighted by atomic mass is 10.0. The van der Waals surface area contributed by atoms with Crippen LogP contribution >= 0.6 is 0 Å². The summed E-state index contributed by atoms with van der Waals surface area (Å²) in [6.45, 7) is 10.7. The standard InChI is InChI=1S/C24H32O4Si/c1-24(2,3)29(5,6)28-23-17-20(27-4)14-15-21(23)22(26)16-19(25)13-12-18-10-8-7-9-11-18/h7-11,14-15,17H,12-13,16H2,1-6H3. The number of Topliss-reactive ketones (excluding diaryl/α,β-unsaturated/α-hetero) is 2. The molecular formula is C24H32O4Si. The van der Waals surface area contributed by atoms with Crippen LogP contribution in [0.2, 0.25) is 18.1 Å². The van der Waals surface area contributed by atoms with Crippen LogP contribution < -0.4 is 9.16 Å². The average molecular weight is 413 g/mol. The lowest BCUT2D eigenvalue weighted by Crippen LogP contribution is -2.44. The van der Waals surface area contributed by atoms with Gasteiger partial charge in [-0.2, -0.15) is 0 Å². The van der Waals surface area contributed by atoms with Crippen LogP contribution in [0.3, 0.4) is 0 Å². The minimum absolute atomic E-state index is 0.0120. The highest BCUT2D eigenvalue weighted by atomic mass is 28.4. The zero-order valence-electron chi connectivity index (χ0n) is 18.4. The summed E-state index contributed by atoms with van der Waals surface area (Å²) < 4.78 is 11.7. The Hall–Kier alpha value is -2.40. The minimum atomic E-state index is -2.15. The molecule has 29 heavy (non-hydrogen) atoms. The van der Waals surface area contributed by atoms with Crippen LogP contribution in [0.5, 0.6) is 11.5 Å². The zero-order chi connectivity index (χ0) is 21.7. The highest BCUT2D eigenvalue weighted by Gasteiger charge is 2.39. The molecule has 0 bridgehead atoms. The van der Waals surface area contributed by atoms with Gasteiger partial charge in [-0.05, 0) is 42.2 Å². The third-order valence-electron chi connectivity index (χ3n) is 5.55. The molecule has 0 aliphatic rings. The van der Waals surface area contributed by atoms with Crippen molar-refractivity contribution in [3.8, 4) is 11.5 Å². The summed E-state index contributed by atoms with van der Waals surface area (Å²) in [7, 11) is -0.567. The summed E-state index contributed by atoms with van der Waals surface area (Å²) >= 11 is 0. The van der Waals surface area contributed by atoms with Crippen molar-refractivity contribution in [2.75, 3.05) is 7.11 Å². The van der Waals surface area contributed by atoms with E-state index >= 15 is 0 Å². The normalized spacial score (nSPS) is 11.8. The van der Waals surface area contributed by atoms with E-state index in [0.717, 1.165) is 5.56 Å². The Labute approximate surface area is 175 Å². The minimum Gasteiger partial charge on any atom is -0.543 e. The van der Waals surface area contributed by atoms with Crippen LogP contribution in [-0.2, 0) is 11.2 Å². The summed E-state index contributed by atoms with van der Waals surface area (Å²) in [4.78, 5) is 25.3. The van der Waals surface area contributed by atoms with Gasteiger partial charge in [0.1, 0.15) is 17.3 Å². The summed E-state index contributed by atoms with van der Waals surface area (Å²) in [6, 6.07) is 15.0. The number of hydrogen-bond donors (Lipinski definition) is 0. The summed E-state index contributed by atoms with van der Waals surface area (Å²) in [5.41, 5.74) is 1.54. The maximum atomic E-state index is 12.9. The van der Waals surface area contributed by atoms with E-state index in [4.69, 9.17) is 9.16 Å². The van der Waals surface area contributed by atoms with Gasteiger partial charge in [0, 0.05) is 12.5 Å². The molecule has 2 aromatic carbocycles. The largest absolute Gasteiger partial charge is 0.543 e. The summed E-state index contributed by atoms with van der Waals surface area (Å²) in [6.07, 6.45) is 0.875. The quantitative estimate of drug-likeness (QED) is 0.294. The van der Waals surface area contributed by atoms with Gasteiger partial charge < -0.3 is 9.16 Å². The maximum absolute atomic E-state index is 12.9. The van der Waals surface area contributed by atoms with Gasteiger partial charge >= 0.3 is 0 Å². The molecule has 0 saturated carbocycles. The third-order valence-corrected chi connectivity index (χ3v) is 9.90. The van der Waals surface area contributed by atoms with Crippen LogP contribution in [-0.4, -0.2) is 27.0 Å². The van der Waals surface area contributed by atoms with E-state index in [1.54, 1.807) is 25.3 Å². The average Bonchev–Trinajstić information content (AvgIpc) is 2.65. The highest BCUT2D eigenvalue weighted by Crippen LogP contribution is 2.39. The van der Waals surface area contributed by atoms with Crippen LogP contribution in [0.25, 0.3) is 0 Å². The molecule has 0 saturated heterocycles. The van der Waals surface area contributed by atoms with Crippen LogP contribution in [0, 0.1) is 0 Å². The molecule has 0 atom stereocenters. The van der Waals surface area contributed by atoms with Crippen LogP contribution in [0.1, 0.15) is 49.5 Å². The molecule has 0 aromatic heterocycles. The topological polar surface area (TPSA) is 52.6 Å². The molecule has 156 valence electrons. The fourth-order valence-corrected chi connectivity index (χ4v) is 3.69. The molecule has 2 aromatic rings. The predicted molar refractivity (Wildman–Crippen MR) is 120 cm³/mol. The van der Waals surface area contributed by atoms with Crippen molar-refractivity contribution in [1.29, 1.82) is 0 Å². The van der Waals surface area contributed by atoms with Crippen molar-refractivity contribution in [2.24, 2.45) is 0 Å². The molecule has 0 N–H and O–H groups in total. The number of methoxy groups -OCH3 is 1. The number of hydrogen-bond acceptors (Lipinski definition) is 4. The Kier molecular flexibility index (Phi) is 7.41. The molecular weight excluding hydrogens is 380 g/mol. The van der Waals surface area contributed by atoms with Gasteiger partial charge in [-0.3, -0.25) is 9.59 Å². The van der Waals surface area contributed by atoms with Gasteiger partial charge in [0.25, 0.3) is 8.32 Å². The van der Waals surface area contributed by atoms with E-state index in [0.29, 0.717) is 29.9 Å². The molecule has 0 unspecified atom stereocenters. The second kappa shape index (κ2) is 9.40. The van der Waals surface area contributed by atoms with Crippen molar-refractivity contribution < 1.29 is 18.8 Å². The first kappa shape index (κ1) is 22.9. The monoisotopic (exact) mass is 412 g/mol. The summed E-state index contributed by atoms with van der Waals surface area (Å²) in [5, 5.41) is -0.0120. The summed E-state index contributed by atoms with van der Waals surface area (Å²) in [5.74, 6) is 0.870. The molecule has 0 radical (unpaired) electrons. The van der Waals surface area contributed by atoms with Gasteiger partial charge in [0.15, 0.2) is 5.78 Å². The first-order valence-corrected chi connectivity index (χ1v) is 12.9.